The number of ether oxygens (including phenoxy) is 2. The summed E-state index contributed by atoms with van der Waals surface area (Å²) in [7, 11) is 1.97. The molecule has 0 bridgehead atoms. The molecule has 0 amide bonds. The molecule has 0 radical (unpaired) electrons. The fraction of sp³-hybridized carbons (Fsp3) is 0.400. The standard InChI is InChI=1S/C20H27BrN2O2.2ClH/c1-3-24-19-13-17(14-23-11-7-10-22-2)12-18(21)20(19)25-15-16-8-5-4-6-9-16;;/h4-6,8-9,12-13,22-23H,3,7,10-11,14-15H2,1-2H3;2*1H. The summed E-state index contributed by atoms with van der Waals surface area (Å²) >= 11 is 3.63. The molecule has 2 N–H and O–H groups in total. The highest BCUT2D eigenvalue weighted by Crippen LogP contribution is 2.37. The molecule has 0 saturated heterocycles. The highest BCUT2D eigenvalue weighted by molar-refractivity contribution is 9.10. The molecule has 2 aromatic carbocycles. The van der Waals surface area contributed by atoms with E-state index in [-0.39, 0.29) is 24.8 Å². The van der Waals surface area contributed by atoms with Crippen LogP contribution in [0, 0.1) is 0 Å². The average Bonchev–Trinajstić information content (AvgIpc) is 2.62. The molecule has 0 aromatic heterocycles. The Morgan fingerprint density at radius 3 is 2.37 bits per heavy atom. The summed E-state index contributed by atoms with van der Waals surface area (Å²) in [6.07, 6.45) is 1.11. The minimum absolute atomic E-state index is 0. The lowest BCUT2D eigenvalue weighted by atomic mass is 10.2. The van der Waals surface area contributed by atoms with Crippen LogP contribution in [0.4, 0.5) is 0 Å². The van der Waals surface area contributed by atoms with Crippen LogP contribution >= 0.6 is 40.7 Å². The van der Waals surface area contributed by atoms with Crippen molar-refractivity contribution >= 4 is 40.7 Å². The van der Waals surface area contributed by atoms with Gasteiger partial charge in [-0.15, -0.1) is 24.8 Å². The Kier molecular flexibility index (Phi) is 14.5. The molecule has 0 spiro atoms. The van der Waals surface area contributed by atoms with Gasteiger partial charge in [-0.3, -0.25) is 0 Å². The Morgan fingerprint density at radius 2 is 1.70 bits per heavy atom. The second-order valence-electron chi connectivity index (χ2n) is 5.75. The van der Waals surface area contributed by atoms with Crippen molar-refractivity contribution < 1.29 is 9.47 Å². The number of hydrogen-bond donors (Lipinski definition) is 2. The third kappa shape index (κ3) is 9.17. The summed E-state index contributed by atoms with van der Waals surface area (Å²) in [5.41, 5.74) is 2.30. The summed E-state index contributed by atoms with van der Waals surface area (Å²) in [6, 6.07) is 14.3. The molecule has 2 rings (SSSR count). The minimum Gasteiger partial charge on any atom is -0.490 e. The van der Waals surface area contributed by atoms with E-state index in [0.29, 0.717) is 13.2 Å². The summed E-state index contributed by atoms with van der Waals surface area (Å²) in [5.74, 6) is 1.53. The van der Waals surface area contributed by atoms with Crippen LogP contribution in [-0.2, 0) is 13.2 Å². The first-order valence-corrected chi connectivity index (χ1v) is 9.51. The van der Waals surface area contributed by atoms with Crippen molar-refractivity contribution in [2.45, 2.75) is 26.5 Å². The first-order chi connectivity index (χ1) is 12.2. The van der Waals surface area contributed by atoms with Crippen molar-refractivity contribution in [1.29, 1.82) is 0 Å². The van der Waals surface area contributed by atoms with E-state index in [1.807, 2.05) is 32.2 Å². The van der Waals surface area contributed by atoms with E-state index < -0.39 is 0 Å². The summed E-state index contributed by atoms with van der Waals surface area (Å²) in [4.78, 5) is 0. The van der Waals surface area contributed by atoms with E-state index in [2.05, 4.69) is 50.8 Å². The normalized spacial score (nSPS) is 9.89. The van der Waals surface area contributed by atoms with Gasteiger partial charge in [0.1, 0.15) is 6.61 Å². The van der Waals surface area contributed by atoms with Gasteiger partial charge in [-0.25, -0.2) is 0 Å². The molecule has 0 unspecified atom stereocenters. The monoisotopic (exact) mass is 478 g/mol. The van der Waals surface area contributed by atoms with E-state index in [0.717, 1.165) is 47.6 Å². The third-order valence-corrected chi connectivity index (χ3v) is 4.29. The number of hydrogen-bond acceptors (Lipinski definition) is 4. The molecule has 4 nitrogen and oxygen atoms in total. The lowest BCUT2D eigenvalue weighted by Gasteiger charge is -2.16. The Bertz CT molecular complexity index is 645. The Morgan fingerprint density at radius 1 is 0.963 bits per heavy atom. The zero-order valence-corrected chi connectivity index (χ0v) is 19.0. The van der Waals surface area contributed by atoms with Gasteiger partial charge in [0.15, 0.2) is 11.5 Å². The van der Waals surface area contributed by atoms with E-state index in [1.54, 1.807) is 0 Å². The maximum Gasteiger partial charge on any atom is 0.175 e. The molecule has 0 aliphatic carbocycles. The van der Waals surface area contributed by atoms with Crippen molar-refractivity contribution in [3.05, 3.63) is 58.1 Å². The van der Waals surface area contributed by atoms with Crippen molar-refractivity contribution in [1.82, 2.24) is 10.6 Å². The van der Waals surface area contributed by atoms with E-state index in [4.69, 9.17) is 9.47 Å². The fourth-order valence-corrected chi connectivity index (χ4v) is 3.08. The predicted molar refractivity (Wildman–Crippen MR) is 121 cm³/mol. The van der Waals surface area contributed by atoms with Gasteiger partial charge in [-0.1, -0.05) is 30.3 Å². The van der Waals surface area contributed by atoms with Crippen LogP contribution in [0.3, 0.4) is 0 Å². The van der Waals surface area contributed by atoms with Crippen LogP contribution < -0.4 is 20.1 Å². The Labute approximate surface area is 183 Å². The molecule has 0 heterocycles. The number of nitrogens with one attached hydrogen (secondary N) is 2. The molecule has 0 aliphatic heterocycles. The van der Waals surface area contributed by atoms with Crippen LogP contribution in [0.1, 0.15) is 24.5 Å². The molecule has 0 aliphatic rings. The Hall–Kier alpha value is -0.980. The molecule has 0 saturated carbocycles. The Balaban J connectivity index is 0.00000338. The second kappa shape index (κ2) is 15.0. The fourth-order valence-electron chi connectivity index (χ4n) is 2.48. The topological polar surface area (TPSA) is 42.5 Å². The van der Waals surface area contributed by atoms with E-state index in [9.17, 15) is 0 Å². The quantitative estimate of drug-likeness (QED) is 0.446. The highest BCUT2D eigenvalue weighted by Gasteiger charge is 2.12. The third-order valence-electron chi connectivity index (χ3n) is 3.70. The average molecular weight is 480 g/mol. The van der Waals surface area contributed by atoms with Crippen molar-refractivity contribution in [2.75, 3.05) is 26.7 Å². The maximum atomic E-state index is 6.02. The van der Waals surface area contributed by atoms with Crippen LogP contribution in [0.5, 0.6) is 11.5 Å². The lowest BCUT2D eigenvalue weighted by molar-refractivity contribution is 0.267. The smallest absolute Gasteiger partial charge is 0.175 e. The number of halogens is 3. The molecule has 2 aromatic rings. The largest absolute Gasteiger partial charge is 0.490 e. The van der Waals surface area contributed by atoms with Crippen LogP contribution in [-0.4, -0.2) is 26.7 Å². The zero-order chi connectivity index (χ0) is 17.9. The minimum atomic E-state index is 0. The van der Waals surface area contributed by atoms with Gasteiger partial charge < -0.3 is 20.1 Å². The second-order valence-corrected chi connectivity index (χ2v) is 6.60. The van der Waals surface area contributed by atoms with Gasteiger partial charge in [0.25, 0.3) is 0 Å². The summed E-state index contributed by atoms with van der Waals surface area (Å²) in [6.45, 7) is 5.91. The van der Waals surface area contributed by atoms with Gasteiger partial charge in [0, 0.05) is 6.54 Å². The van der Waals surface area contributed by atoms with Crippen molar-refractivity contribution in [3.63, 3.8) is 0 Å². The molecule has 7 heteroatoms. The van der Waals surface area contributed by atoms with Gasteiger partial charge in [0.05, 0.1) is 11.1 Å². The maximum absolute atomic E-state index is 6.02. The van der Waals surface area contributed by atoms with Gasteiger partial charge in [-0.2, -0.15) is 0 Å². The summed E-state index contributed by atoms with van der Waals surface area (Å²) < 4.78 is 12.7. The molecule has 152 valence electrons. The molecular formula is C20H29BrCl2N2O2. The summed E-state index contributed by atoms with van der Waals surface area (Å²) in [5, 5.41) is 6.61. The van der Waals surface area contributed by atoms with Crippen molar-refractivity contribution in [3.8, 4) is 11.5 Å². The zero-order valence-electron chi connectivity index (χ0n) is 15.8. The lowest BCUT2D eigenvalue weighted by Crippen LogP contribution is -2.19. The molecular weight excluding hydrogens is 451 g/mol. The van der Waals surface area contributed by atoms with Crippen LogP contribution in [0.15, 0.2) is 46.9 Å². The molecule has 27 heavy (non-hydrogen) atoms. The predicted octanol–water partition coefficient (Wildman–Crippen LogP) is 4.97. The van der Waals surface area contributed by atoms with Crippen LogP contribution in [0.2, 0.25) is 0 Å². The number of rotatable bonds is 11. The van der Waals surface area contributed by atoms with Gasteiger partial charge in [-0.05, 0) is 72.7 Å². The first kappa shape index (κ1) is 26.0. The number of benzene rings is 2. The van der Waals surface area contributed by atoms with E-state index >= 15 is 0 Å². The van der Waals surface area contributed by atoms with Gasteiger partial charge >= 0.3 is 0 Å². The molecule has 0 fully saturated rings. The van der Waals surface area contributed by atoms with E-state index in [1.165, 1.54) is 5.56 Å². The van der Waals surface area contributed by atoms with Gasteiger partial charge in [0.2, 0.25) is 0 Å². The molecule has 0 atom stereocenters. The van der Waals surface area contributed by atoms with Crippen LogP contribution in [0.25, 0.3) is 0 Å². The first-order valence-electron chi connectivity index (χ1n) is 8.71. The van der Waals surface area contributed by atoms with Crippen molar-refractivity contribution in [2.24, 2.45) is 0 Å². The highest BCUT2D eigenvalue weighted by atomic mass is 79.9. The SMILES string of the molecule is CCOc1cc(CNCCCNC)cc(Br)c1OCc1ccccc1.Cl.Cl.